The number of methoxy groups -OCH3 is 1. The molecule has 0 aliphatic carbocycles. The van der Waals surface area contributed by atoms with Crippen molar-refractivity contribution in [3.05, 3.63) is 36.3 Å². The maximum Gasteiger partial charge on any atom is 0.320 e. The summed E-state index contributed by atoms with van der Waals surface area (Å²) in [6, 6.07) is 0.953. The summed E-state index contributed by atoms with van der Waals surface area (Å²) in [4.78, 5) is 23.3. The van der Waals surface area contributed by atoms with E-state index >= 15 is 0 Å². The summed E-state index contributed by atoms with van der Waals surface area (Å²) in [7, 11) is 1.52. The van der Waals surface area contributed by atoms with Gasteiger partial charge >= 0.3 is 12.6 Å². The van der Waals surface area contributed by atoms with E-state index in [0.717, 1.165) is 6.20 Å². The van der Waals surface area contributed by atoms with Crippen molar-refractivity contribution in [2.75, 3.05) is 12.4 Å². The van der Waals surface area contributed by atoms with Gasteiger partial charge in [-0.15, -0.1) is 0 Å². The number of imidazole rings is 1. The first kappa shape index (κ1) is 15.8. The number of amides is 2. The first-order valence-electron chi connectivity index (χ1n) is 6.24. The lowest BCUT2D eigenvalue weighted by molar-refractivity contribution is 0.0667. The number of halogens is 2. The van der Waals surface area contributed by atoms with Gasteiger partial charge in [0.1, 0.15) is 18.0 Å². The summed E-state index contributed by atoms with van der Waals surface area (Å²) >= 11 is 0. The topological polar surface area (TPSA) is 94.0 Å². The third kappa shape index (κ3) is 4.19. The molecule has 10 heteroatoms. The third-order valence-electron chi connectivity index (χ3n) is 2.62. The van der Waals surface area contributed by atoms with Crippen molar-refractivity contribution in [2.24, 2.45) is 0 Å². The van der Waals surface area contributed by atoms with Crippen molar-refractivity contribution < 1.29 is 18.3 Å². The van der Waals surface area contributed by atoms with Crippen LogP contribution in [0.1, 0.15) is 18.1 Å². The number of urea groups is 1. The Morgan fingerprint density at radius 1 is 1.41 bits per heavy atom. The number of hydrogen-bond donors (Lipinski definition) is 2. The maximum absolute atomic E-state index is 12.6. The van der Waals surface area contributed by atoms with Gasteiger partial charge in [0.25, 0.3) is 0 Å². The number of aromatic nitrogens is 4. The second kappa shape index (κ2) is 7.41. The van der Waals surface area contributed by atoms with Crippen molar-refractivity contribution in [3.8, 4) is 0 Å². The summed E-state index contributed by atoms with van der Waals surface area (Å²) < 4.78 is 30.8. The zero-order valence-electron chi connectivity index (χ0n) is 11.7. The Hall–Kier alpha value is -2.62. The molecule has 2 N–H and O–H groups in total. The summed E-state index contributed by atoms with van der Waals surface area (Å²) in [6.07, 6.45) is 3.66. The molecule has 0 radical (unpaired) electrons. The smallest absolute Gasteiger partial charge is 0.320 e. The van der Waals surface area contributed by atoms with Crippen LogP contribution in [0.3, 0.4) is 0 Å². The first-order valence-corrected chi connectivity index (χ1v) is 6.24. The van der Waals surface area contributed by atoms with Gasteiger partial charge in [0.05, 0.1) is 18.8 Å². The highest BCUT2D eigenvalue weighted by Crippen LogP contribution is 2.12. The first-order chi connectivity index (χ1) is 10.6. The van der Waals surface area contributed by atoms with E-state index in [1.54, 1.807) is 6.07 Å². The Kier molecular flexibility index (Phi) is 5.31. The molecule has 2 aromatic heterocycles. The van der Waals surface area contributed by atoms with Crippen molar-refractivity contribution in [1.29, 1.82) is 0 Å². The Labute approximate surface area is 124 Å². The van der Waals surface area contributed by atoms with Crippen LogP contribution >= 0.6 is 0 Å². The van der Waals surface area contributed by atoms with Gasteiger partial charge in [-0.25, -0.2) is 19.7 Å². The SMILES string of the molecule is COCc1cc(NC(=O)NCc2nccn2C(F)F)ncn1. The van der Waals surface area contributed by atoms with Gasteiger partial charge in [-0.3, -0.25) is 9.88 Å². The average molecular weight is 312 g/mol. The van der Waals surface area contributed by atoms with Crippen molar-refractivity contribution in [1.82, 2.24) is 24.8 Å². The number of carbonyl (C=O) groups is 1. The lowest BCUT2D eigenvalue weighted by Crippen LogP contribution is -2.30. The van der Waals surface area contributed by atoms with E-state index in [-0.39, 0.29) is 24.8 Å². The molecule has 22 heavy (non-hydrogen) atoms. The number of carbonyl (C=O) groups excluding carboxylic acids is 1. The molecule has 0 aromatic carbocycles. The minimum Gasteiger partial charge on any atom is -0.378 e. The van der Waals surface area contributed by atoms with E-state index in [0.29, 0.717) is 10.3 Å². The molecule has 0 aliphatic heterocycles. The van der Waals surface area contributed by atoms with Gasteiger partial charge < -0.3 is 10.1 Å². The van der Waals surface area contributed by atoms with Gasteiger partial charge in [0, 0.05) is 25.6 Å². The highest BCUT2D eigenvalue weighted by Gasteiger charge is 2.12. The zero-order chi connectivity index (χ0) is 15.9. The van der Waals surface area contributed by atoms with Crippen LogP contribution in [0, 0.1) is 0 Å². The van der Waals surface area contributed by atoms with Crippen LogP contribution in [0.15, 0.2) is 24.8 Å². The van der Waals surface area contributed by atoms with Gasteiger partial charge in [-0.2, -0.15) is 8.78 Å². The van der Waals surface area contributed by atoms with Crippen molar-refractivity contribution in [3.63, 3.8) is 0 Å². The van der Waals surface area contributed by atoms with Gasteiger partial charge in [-0.05, 0) is 0 Å². The quantitative estimate of drug-likeness (QED) is 0.844. The number of nitrogens with zero attached hydrogens (tertiary/aromatic N) is 4. The summed E-state index contributed by atoms with van der Waals surface area (Å²) in [5, 5.41) is 4.89. The highest BCUT2D eigenvalue weighted by atomic mass is 19.3. The van der Waals surface area contributed by atoms with Crippen LogP contribution in [0.5, 0.6) is 0 Å². The molecular weight excluding hydrogens is 298 g/mol. The highest BCUT2D eigenvalue weighted by molar-refractivity contribution is 5.88. The van der Waals surface area contributed by atoms with E-state index in [9.17, 15) is 13.6 Å². The molecule has 2 rings (SSSR count). The molecule has 0 bridgehead atoms. The third-order valence-corrected chi connectivity index (χ3v) is 2.62. The van der Waals surface area contributed by atoms with Crippen LogP contribution < -0.4 is 10.6 Å². The fourth-order valence-corrected chi connectivity index (χ4v) is 1.67. The molecular formula is C12H14F2N6O2. The predicted molar refractivity (Wildman–Crippen MR) is 72.1 cm³/mol. The molecule has 2 aromatic rings. The largest absolute Gasteiger partial charge is 0.378 e. The molecule has 0 spiro atoms. The van der Waals surface area contributed by atoms with Crippen LogP contribution in [-0.4, -0.2) is 32.7 Å². The Balaban J connectivity index is 1.90. The normalized spacial score (nSPS) is 10.7. The molecule has 0 aliphatic rings. The standard InChI is InChI=1S/C12H14F2N6O2/c1-22-6-8-4-9(18-7-17-8)19-12(21)16-5-10-15-2-3-20(10)11(13)14/h2-4,7,11H,5-6H2,1H3,(H2,16,17,18,19,21). The number of hydrogen-bond acceptors (Lipinski definition) is 5. The van der Waals surface area contributed by atoms with E-state index in [4.69, 9.17) is 4.74 Å². The molecule has 2 amide bonds. The summed E-state index contributed by atoms with van der Waals surface area (Å²) in [5.41, 5.74) is 0.598. The van der Waals surface area contributed by atoms with Gasteiger partial charge in [0.15, 0.2) is 0 Å². The number of alkyl halides is 2. The van der Waals surface area contributed by atoms with Crippen molar-refractivity contribution >= 4 is 11.8 Å². The second-order valence-corrected chi connectivity index (χ2v) is 4.16. The van der Waals surface area contributed by atoms with Gasteiger partial charge in [0.2, 0.25) is 0 Å². The predicted octanol–water partition coefficient (Wildman–Crippen LogP) is 1.54. The molecule has 8 nitrogen and oxygen atoms in total. The minimum absolute atomic E-state index is 0.0490. The average Bonchev–Trinajstić information content (AvgIpc) is 2.94. The fourth-order valence-electron chi connectivity index (χ4n) is 1.67. The van der Waals surface area contributed by atoms with E-state index in [1.165, 1.54) is 19.6 Å². The molecule has 0 fully saturated rings. The molecule has 2 heterocycles. The monoisotopic (exact) mass is 312 g/mol. The van der Waals surface area contributed by atoms with Crippen LogP contribution in [0.4, 0.5) is 19.4 Å². The molecule has 0 unspecified atom stereocenters. The molecule has 0 saturated heterocycles. The minimum atomic E-state index is -2.71. The van der Waals surface area contributed by atoms with E-state index in [1.807, 2.05) is 0 Å². The lowest BCUT2D eigenvalue weighted by Gasteiger charge is -2.09. The maximum atomic E-state index is 12.6. The summed E-state index contributed by atoms with van der Waals surface area (Å²) in [5.74, 6) is 0.324. The molecule has 0 atom stereocenters. The zero-order valence-corrected chi connectivity index (χ0v) is 11.7. The van der Waals surface area contributed by atoms with Gasteiger partial charge in [-0.1, -0.05) is 0 Å². The fraction of sp³-hybridized carbons (Fsp3) is 0.333. The van der Waals surface area contributed by atoms with E-state index < -0.39 is 12.6 Å². The number of rotatable bonds is 6. The number of anilines is 1. The number of ether oxygens (including phenoxy) is 1. The molecule has 0 saturated carbocycles. The van der Waals surface area contributed by atoms with E-state index in [2.05, 4.69) is 25.6 Å². The molecule has 118 valence electrons. The Morgan fingerprint density at radius 2 is 2.23 bits per heavy atom. The van der Waals surface area contributed by atoms with Crippen LogP contribution in [0.25, 0.3) is 0 Å². The Bertz CT molecular complexity index is 634. The van der Waals surface area contributed by atoms with Crippen molar-refractivity contribution in [2.45, 2.75) is 19.7 Å². The lowest BCUT2D eigenvalue weighted by atomic mass is 10.4. The second-order valence-electron chi connectivity index (χ2n) is 4.16. The Morgan fingerprint density at radius 3 is 2.95 bits per heavy atom. The van der Waals surface area contributed by atoms with Crippen LogP contribution in [-0.2, 0) is 17.9 Å². The number of nitrogens with one attached hydrogen (secondary N) is 2. The van der Waals surface area contributed by atoms with Crippen LogP contribution in [0.2, 0.25) is 0 Å². The summed E-state index contributed by atoms with van der Waals surface area (Å²) in [6.45, 7) is -2.56.